The first-order chi connectivity index (χ1) is 8.79. The summed E-state index contributed by atoms with van der Waals surface area (Å²) in [6.45, 7) is 2.87. The summed E-state index contributed by atoms with van der Waals surface area (Å²) in [6.07, 6.45) is 6.62. The Bertz CT molecular complexity index is 507. The van der Waals surface area contributed by atoms with E-state index < -0.39 is 0 Å². The summed E-state index contributed by atoms with van der Waals surface area (Å²) < 4.78 is 1.79. The molecule has 0 saturated carbocycles. The molecule has 0 aliphatic carbocycles. The third-order valence-electron chi connectivity index (χ3n) is 2.61. The van der Waals surface area contributed by atoms with Gasteiger partial charge in [0.2, 0.25) is 0 Å². The van der Waals surface area contributed by atoms with E-state index in [-0.39, 0.29) is 5.78 Å². The van der Waals surface area contributed by atoms with Gasteiger partial charge in [0, 0.05) is 25.4 Å². The summed E-state index contributed by atoms with van der Waals surface area (Å²) in [5, 5.41) is 4.11. The zero-order valence-electron chi connectivity index (χ0n) is 10.4. The minimum Gasteiger partial charge on any atom is -0.299 e. The molecule has 2 aromatic rings. The highest BCUT2D eigenvalue weighted by atomic mass is 16.1. The molecule has 2 aromatic heterocycles. The molecule has 0 aromatic carbocycles. The minimum atomic E-state index is 0.133. The molecular formula is C13H16N4O. The highest BCUT2D eigenvalue weighted by molar-refractivity contribution is 5.82. The third kappa shape index (κ3) is 3.23. The van der Waals surface area contributed by atoms with Crippen LogP contribution in [0.4, 0.5) is 0 Å². The van der Waals surface area contributed by atoms with Crippen LogP contribution in [-0.4, -0.2) is 25.5 Å². The van der Waals surface area contributed by atoms with Crippen molar-refractivity contribution in [3.8, 4) is 0 Å². The Hall–Kier alpha value is -2.04. The molecule has 0 aliphatic rings. The Labute approximate surface area is 106 Å². The lowest BCUT2D eigenvalue weighted by Crippen LogP contribution is -2.13. The van der Waals surface area contributed by atoms with Gasteiger partial charge in [-0.25, -0.2) is 9.67 Å². The molecule has 2 heterocycles. The van der Waals surface area contributed by atoms with Gasteiger partial charge in [0.15, 0.2) is 0 Å². The molecule has 94 valence electrons. The van der Waals surface area contributed by atoms with Crippen LogP contribution in [-0.2, 0) is 24.2 Å². The average Bonchev–Trinajstić information content (AvgIpc) is 2.78. The van der Waals surface area contributed by atoms with E-state index in [0.29, 0.717) is 12.8 Å². The topological polar surface area (TPSA) is 60.7 Å². The molecule has 5 heteroatoms. The molecule has 0 N–H and O–H groups in total. The van der Waals surface area contributed by atoms with Gasteiger partial charge in [0.1, 0.15) is 17.9 Å². The molecule has 0 spiro atoms. The average molecular weight is 244 g/mol. The molecular weight excluding hydrogens is 228 g/mol. The van der Waals surface area contributed by atoms with Crippen LogP contribution in [0.5, 0.6) is 0 Å². The molecule has 0 unspecified atom stereocenters. The lowest BCUT2D eigenvalue weighted by molar-refractivity contribution is -0.117. The zero-order chi connectivity index (χ0) is 12.8. The highest BCUT2D eigenvalue weighted by Crippen LogP contribution is 2.03. The first kappa shape index (κ1) is 12.4. The summed E-state index contributed by atoms with van der Waals surface area (Å²) >= 11 is 0. The number of rotatable bonds is 6. The van der Waals surface area contributed by atoms with Gasteiger partial charge in [-0.15, -0.1) is 0 Å². The molecule has 0 aliphatic heterocycles. The van der Waals surface area contributed by atoms with E-state index in [2.05, 4.69) is 22.0 Å². The van der Waals surface area contributed by atoms with Gasteiger partial charge in [0.25, 0.3) is 0 Å². The van der Waals surface area contributed by atoms with Gasteiger partial charge >= 0.3 is 0 Å². The van der Waals surface area contributed by atoms with E-state index in [1.165, 1.54) is 6.33 Å². The van der Waals surface area contributed by atoms with Crippen molar-refractivity contribution in [1.82, 2.24) is 19.7 Å². The van der Waals surface area contributed by atoms with E-state index in [1.54, 1.807) is 17.1 Å². The fraction of sp³-hybridized carbons (Fsp3) is 0.385. The maximum absolute atomic E-state index is 11.9. The normalized spacial score (nSPS) is 10.5. The van der Waals surface area contributed by atoms with Crippen LogP contribution >= 0.6 is 0 Å². The molecule has 0 fully saturated rings. The minimum absolute atomic E-state index is 0.133. The number of ketones is 1. The van der Waals surface area contributed by atoms with Gasteiger partial charge in [-0.05, 0) is 18.1 Å². The van der Waals surface area contributed by atoms with Crippen LogP contribution in [0, 0.1) is 0 Å². The Morgan fingerprint density at radius 3 is 3.00 bits per heavy atom. The first-order valence-electron chi connectivity index (χ1n) is 6.07. The number of carbonyl (C=O) groups excluding carboxylic acids is 1. The van der Waals surface area contributed by atoms with Crippen LogP contribution in [0.1, 0.15) is 24.7 Å². The third-order valence-corrected chi connectivity index (χ3v) is 2.61. The van der Waals surface area contributed by atoms with Crippen LogP contribution in [0.25, 0.3) is 0 Å². The van der Waals surface area contributed by atoms with E-state index in [9.17, 15) is 4.79 Å². The molecule has 0 bridgehead atoms. The van der Waals surface area contributed by atoms with Crippen LogP contribution in [0.2, 0.25) is 0 Å². The second-order valence-electron chi connectivity index (χ2n) is 4.15. The second-order valence-corrected chi connectivity index (χ2v) is 4.15. The maximum atomic E-state index is 11.9. The number of aryl methyl sites for hydroxylation is 1. The fourth-order valence-electron chi connectivity index (χ4n) is 1.79. The standard InChI is InChI=1S/C13H16N4O/c1-2-6-17-13(15-10-16-17)8-12(18)7-11-4-3-5-14-9-11/h3-5,9-10H,2,6-8H2,1H3. The summed E-state index contributed by atoms with van der Waals surface area (Å²) in [5.74, 6) is 0.874. The van der Waals surface area contributed by atoms with E-state index in [0.717, 1.165) is 24.4 Å². The fourth-order valence-corrected chi connectivity index (χ4v) is 1.79. The lowest BCUT2D eigenvalue weighted by atomic mass is 10.1. The largest absolute Gasteiger partial charge is 0.299 e. The molecule has 0 amide bonds. The van der Waals surface area contributed by atoms with Crippen molar-refractivity contribution >= 4 is 5.78 Å². The number of Topliss-reactive ketones (excluding diaryl/α,β-unsaturated/α-hetero) is 1. The van der Waals surface area contributed by atoms with Crippen LogP contribution in [0.3, 0.4) is 0 Å². The molecule has 0 radical (unpaired) electrons. The Balaban J connectivity index is 1.97. The Morgan fingerprint density at radius 1 is 1.39 bits per heavy atom. The quantitative estimate of drug-likeness (QED) is 0.771. The van der Waals surface area contributed by atoms with Crippen molar-refractivity contribution in [1.29, 1.82) is 0 Å². The number of aromatic nitrogens is 4. The van der Waals surface area contributed by atoms with Crippen molar-refractivity contribution in [2.24, 2.45) is 0 Å². The number of hydrogen-bond acceptors (Lipinski definition) is 4. The first-order valence-corrected chi connectivity index (χ1v) is 6.07. The number of carbonyl (C=O) groups is 1. The summed E-state index contributed by atoms with van der Waals surface area (Å²) in [5.41, 5.74) is 0.934. The highest BCUT2D eigenvalue weighted by Gasteiger charge is 2.10. The van der Waals surface area contributed by atoms with Gasteiger partial charge in [-0.3, -0.25) is 9.78 Å². The van der Waals surface area contributed by atoms with Crippen molar-refractivity contribution in [3.63, 3.8) is 0 Å². The summed E-state index contributed by atoms with van der Waals surface area (Å²) in [4.78, 5) is 20.1. The maximum Gasteiger partial charge on any atom is 0.144 e. The number of nitrogens with zero attached hydrogens (tertiary/aromatic N) is 4. The molecule has 5 nitrogen and oxygen atoms in total. The Morgan fingerprint density at radius 2 is 2.28 bits per heavy atom. The zero-order valence-corrected chi connectivity index (χ0v) is 10.4. The van der Waals surface area contributed by atoms with Gasteiger partial charge < -0.3 is 0 Å². The van der Waals surface area contributed by atoms with Gasteiger partial charge in [0.05, 0.1) is 6.42 Å². The predicted molar refractivity (Wildman–Crippen MR) is 67.0 cm³/mol. The van der Waals surface area contributed by atoms with Crippen molar-refractivity contribution in [2.75, 3.05) is 0 Å². The lowest BCUT2D eigenvalue weighted by Gasteiger charge is -2.03. The van der Waals surface area contributed by atoms with Crippen molar-refractivity contribution in [2.45, 2.75) is 32.7 Å². The monoisotopic (exact) mass is 244 g/mol. The molecule has 18 heavy (non-hydrogen) atoms. The number of pyridine rings is 1. The van der Waals surface area contributed by atoms with Gasteiger partial charge in [-0.1, -0.05) is 13.0 Å². The predicted octanol–water partition coefficient (Wildman–Crippen LogP) is 1.44. The molecule has 2 rings (SSSR count). The van der Waals surface area contributed by atoms with Gasteiger partial charge in [-0.2, -0.15) is 5.10 Å². The number of hydrogen-bond donors (Lipinski definition) is 0. The van der Waals surface area contributed by atoms with Crippen LogP contribution < -0.4 is 0 Å². The van der Waals surface area contributed by atoms with Crippen molar-refractivity contribution in [3.05, 3.63) is 42.2 Å². The van der Waals surface area contributed by atoms with Crippen molar-refractivity contribution < 1.29 is 4.79 Å². The Kier molecular flexibility index (Phi) is 4.17. The van der Waals surface area contributed by atoms with Crippen LogP contribution in [0.15, 0.2) is 30.9 Å². The smallest absolute Gasteiger partial charge is 0.144 e. The molecule has 0 atom stereocenters. The molecule has 0 saturated heterocycles. The summed E-state index contributed by atoms with van der Waals surface area (Å²) in [7, 11) is 0. The van der Waals surface area contributed by atoms with E-state index in [1.807, 2.05) is 12.1 Å². The van der Waals surface area contributed by atoms with E-state index in [4.69, 9.17) is 0 Å². The SMILES string of the molecule is CCCn1ncnc1CC(=O)Cc1cccnc1. The second kappa shape index (κ2) is 6.05. The van der Waals surface area contributed by atoms with E-state index >= 15 is 0 Å². The summed E-state index contributed by atoms with van der Waals surface area (Å²) in [6, 6.07) is 3.74.